The number of methoxy groups -OCH3 is 1. The van der Waals surface area contributed by atoms with Gasteiger partial charge >= 0.3 is 11.9 Å². The van der Waals surface area contributed by atoms with Crippen LogP contribution in [0.5, 0.6) is 11.5 Å². The van der Waals surface area contributed by atoms with Gasteiger partial charge in [0.2, 0.25) is 0 Å². The number of hydrogen-bond acceptors (Lipinski definition) is 7. The van der Waals surface area contributed by atoms with Crippen molar-refractivity contribution in [2.24, 2.45) is 0 Å². The van der Waals surface area contributed by atoms with E-state index in [2.05, 4.69) is 14.8 Å². The molecule has 2 aromatic heterocycles. The van der Waals surface area contributed by atoms with Crippen molar-refractivity contribution in [1.29, 1.82) is 0 Å². The monoisotopic (exact) mass is 691 g/mol. The van der Waals surface area contributed by atoms with Crippen molar-refractivity contribution in [1.82, 2.24) is 19.3 Å². The van der Waals surface area contributed by atoms with E-state index in [0.717, 1.165) is 39.6 Å². The number of anilines is 1. The van der Waals surface area contributed by atoms with E-state index in [1.165, 1.54) is 37.4 Å². The quantitative estimate of drug-likeness (QED) is 0.160. The zero-order valence-electron chi connectivity index (χ0n) is 25.4. The number of hydrogen-bond donors (Lipinski definition) is 1. The fourth-order valence-electron chi connectivity index (χ4n) is 4.84. The molecule has 10 nitrogen and oxygen atoms in total. The van der Waals surface area contributed by atoms with E-state index in [9.17, 15) is 30.8 Å². The van der Waals surface area contributed by atoms with Crippen molar-refractivity contribution in [3.05, 3.63) is 143 Å². The maximum atomic E-state index is 14.8. The maximum absolute atomic E-state index is 14.8. The van der Waals surface area contributed by atoms with Crippen molar-refractivity contribution in [3.8, 4) is 34.1 Å². The van der Waals surface area contributed by atoms with Crippen LogP contribution in [0.3, 0.4) is 0 Å². The fourth-order valence-corrected chi connectivity index (χ4v) is 5.87. The Bertz CT molecular complexity index is 2270. The molecule has 49 heavy (non-hydrogen) atoms. The van der Waals surface area contributed by atoms with Gasteiger partial charge < -0.3 is 9.47 Å². The van der Waals surface area contributed by atoms with Crippen LogP contribution in [0.2, 0.25) is 0 Å². The van der Waals surface area contributed by atoms with Gasteiger partial charge in [-0.1, -0.05) is 30.3 Å². The molecule has 0 bridgehead atoms. The summed E-state index contributed by atoms with van der Waals surface area (Å²) in [5.74, 6) is -0.219. The number of nitrogens with one attached hydrogen (secondary N) is 1. The molecular formula is C34H25F4N5O5S. The minimum Gasteiger partial charge on any atom is -0.493 e. The first-order chi connectivity index (χ1) is 23.4. The fraction of sp³-hybridized carbons (Fsp3) is 0.0882. The molecule has 0 amide bonds. The third-order valence-electron chi connectivity index (χ3n) is 7.26. The van der Waals surface area contributed by atoms with Gasteiger partial charge in [-0.2, -0.15) is 17.9 Å². The number of sulfonamides is 1. The van der Waals surface area contributed by atoms with Crippen LogP contribution in [0.4, 0.5) is 23.4 Å². The molecule has 0 saturated carbocycles. The smallest absolute Gasteiger partial charge is 0.416 e. The number of aromatic nitrogens is 4. The second-order valence-corrected chi connectivity index (χ2v) is 12.1. The van der Waals surface area contributed by atoms with E-state index in [-0.39, 0.29) is 40.3 Å². The highest BCUT2D eigenvalue weighted by Gasteiger charge is 2.30. The van der Waals surface area contributed by atoms with Crippen LogP contribution in [0.25, 0.3) is 22.6 Å². The second kappa shape index (κ2) is 13.3. The minimum absolute atomic E-state index is 0.0149. The number of para-hydroxylation sites is 1. The third-order valence-corrected chi connectivity index (χ3v) is 8.61. The summed E-state index contributed by atoms with van der Waals surface area (Å²) >= 11 is 0. The average molecular weight is 692 g/mol. The Balaban J connectivity index is 1.26. The first kappa shape index (κ1) is 33.0. The molecule has 15 heteroatoms. The van der Waals surface area contributed by atoms with Crippen LogP contribution in [-0.2, 0) is 22.8 Å². The molecule has 0 atom stereocenters. The number of rotatable bonds is 10. The van der Waals surface area contributed by atoms with Crippen LogP contribution < -0.4 is 19.9 Å². The maximum Gasteiger partial charge on any atom is 0.416 e. The lowest BCUT2D eigenvalue weighted by atomic mass is 10.1. The lowest BCUT2D eigenvalue weighted by Crippen LogP contribution is -2.24. The van der Waals surface area contributed by atoms with Crippen molar-refractivity contribution >= 4 is 15.8 Å². The number of alkyl halides is 3. The summed E-state index contributed by atoms with van der Waals surface area (Å²) < 4.78 is 95.5. The van der Waals surface area contributed by atoms with E-state index < -0.39 is 33.3 Å². The Morgan fingerprint density at radius 3 is 2.16 bits per heavy atom. The Morgan fingerprint density at radius 1 is 0.837 bits per heavy atom. The summed E-state index contributed by atoms with van der Waals surface area (Å²) in [7, 11) is -2.56. The zero-order valence-corrected chi connectivity index (χ0v) is 26.2. The first-order valence-electron chi connectivity index (χ1n) is 14.4. The molecule has 6 rings (SSSR count). The molecule has 0 saturated heterocycles. The van der Waals surface area contributed by atoms with E-state index in [1.54, 1.807) is 54.6 Å². The molecule has 0 radical (unpaired) electrons. The van der Waals surface area contributed by atoms with Gasteiger partial charge in [0.05, 0.1) is 34.6 Å². The molecule has 0 unspecified atom stereocenters. The molecule has 250 valence electrons. The lowest BCUT2D eigenvalue weighted by molar-refractivity contribution is -0.137. The summed E-state index contributed by atoms with van der Waals surface area (Å²) in [5.41, 5.74) is -0.783. The first-order valence-corrected chi connectivity index (χ1v) is 15.9. The molecule has 0 aliphatic rings. The van der Waals surface area contributed by atoms with E-state index >= 15 is 0 Å². The number of benzene rings is 4. The molecule has 0 aliphatic heterocycles. The summed E-state index contributed by atoms with van der Waals surface area (Å²) in [5, 5.41) is 4.26. The van der Waals surface area contributed by atoms with Gasteiger partial charge in [0, 0.05) is 5.56 Å². The van der Waals surface area contributed by atoms with Crippen LogP contribution in [0.15, 0.2) is 125 Å². The predicted molar refractivity (Wildman–Crippen MR) is 172 cm³/mol. The average Bonchev–Trinajstić information content (AvgIpc) is 3.43. The van der Waals surface area contributed by atoms with Gasteiger partial charge in [0.1, 0.15) is 18.2 Å². The van der Waals surface area contributed by atoms with Gasteiger partial charge in [0.25, 0.3) is 10.0 Å². The number of halogens is 4. The van der Waals surface area contributed by atoms with Gasteiger partial charge in [-0.3, -0.25) is 4.72 Å². The van der Waals surface area contributed by atoms with Crippen LogP contribution in [0.1, 0.15) is 11.4 Å². The van der Waals surface area contributed by atoms with Crippen molar-refractivity contribution in [3.63, 3.8) is 0 Å². The minimum atomic E-state index is -4.57. The summed E-state index contributed by atoms with van der Waals surface area (Å²) in [6.07, 6.45) is -4.57. The van der Waals surface area contributed by atoms with Crippen molar-refractivity contribution in [2.75, 3.05) is 11.8 Å². The molecule has 6 aromatic rings. The van der Waals surface area contributed by atoms with Crippen molar-refractivity contribution in [2.45, 2.75) is 17.7 Å². The van der Waals surface area contributed by atoms with Crippen LogP contribution in [-0.4, -0.2) is 34.9 Å². The van der Waals surface area contributed by atoms with E-state index in [1.807, 2.05) is 0 Å². The van der Waals surface area contributed by atoms with Gasteiger partial charge in [0.15, 0.2) is 17.4 Å². The molecule has 0 spiro atoms. The van der Waals surface area contributed by atoms with Gasteiger partial charge in [-0.05, 0) is 84.9 Å². The Kier molecular flexibility index (Phi) is 8.93. The van der Waals surface area contributed by atoms with Crippen molar-refractivity contribution < 1.29 is 35.5 Å². The highest BCUT2D eigenvalue weighted by Crippen LogP contribution is 2.31. The topological polar surface area (TPSA) is 117 Å². The molecule has 0 fully saturated rings. The third kappa shape index (κ3) is 7.01. The number of pyridine rings is 1. The lowest BCUT2D eigenvalue weighted by Gasteiger charge is -2.13. The Morgan fingerprint density at radius 2 is 1.51 bits per heavy atom. The predicted octanol–water partition coefficient (Wildman–Crippen LogP) is 6.63. The summed E-state index contributed by atoms with van der Waals surface area (Å²) in [4.78, 5) is 17.9. The molecule has 1 N–H and O–H groups in total. The number of nitrogens with zero attached hydrogens (tertiary/aromatic N) is 4. The summed E-state index contributed by atoms with van der Waals surface area (Å²) in [6, 6.07) is 26.9. The molecule has 0 aliphatic carbocycles. The second-order valence-electron chi connectivity index (χ2n) is 10.4. The van der Waals surface area contributed by atoms with Crippen LogP contribution >= 0.6 is 0 Å². The Hall–Kier alpha value is -5.96. The highest BCUT2D eigenvalue weighted by atomic mass is 32.2. The number of ether oxygens (including phenoxy) is 2. The van der Waals surface area contributed by atoms with Gasteiger partial charge in [-0.15, -0.1) is 5.10 Å². The largest absolute Gasteiger partial charge is 0.493 e. The zero-order chi connectivity index (χ0) is 34.8. The van der Waals surface area contributed by atoms with E-state index in [0.29, 0.717) is 17.0 Å². The molecule has 2 heterocycles. The van der Waals surface area contributed by atoms with Crippen LogP contribution in [0, 0.1) is 5.82 Å². The standard InChI is InChI=1S/C34H25F4N5O5S/c1-47-30-20-19-28(39-32(30)41-49(45,46)26-7-3-2-4-8-26)22-11-17-25(18-12-22)48-21-31-40-43(24-15-13-23(14-16-24)34(36,37)38)33(44)42(31)29-10-6-5-9-27(29)35/h2-20H,21H2,1H3,(H,39,41). The summed E-state index contributed by atoms with van der Waals surface area (Å²) in [6.45, 7) is -0.317. The Labute approximate surface area is 276 Å². The molecule has 4 aromatic carbocycles. The van der Waals surface area contributed by atoms with Gasteiger partial charge in [-0.25, -0.2) is 27.2 Å². The van der Waals surface area contributed by atoms with E-state index in [4.69, 9.17) is 9.47 Å². The normalized spacial score (nSPS) is 11.7. The highest BCUT2D eigenvalue weighted by molar-refractivity contribution is 7.92. The SMILES string of the molecule is COc1ccc(-c2ccc(OCc3nn(-c4ccc(C(F)(F)F)cc4)c(=O)n3-c3ccccc3F)cc2)nc1NS(=O)(=O)c1ccccc1. The molecular weight excluding hydrogens is 666 g/mol.